The lowest BCUT2D eigenvalue weighted by atomic mass is 9.97. The molecule has 3 aliphatic heterocycles. The van der Waals surface area contributed by atoms with Crippen molar-refractivity contribution in [1.82, 2.24) is 0 Å². The summed E-state index contributed by atoms with van der Waals surface area (Å²) in [7, 11) is 0. The number of hydrogen-bond acceptors (Lipinski definition) is 5. The number of carbonyl (C=O) groups excluding carboxylic acids is 3. The van der Waals surface area contributed by atoms with E-state index < -0.39 is 17.6 Å². The highest BCUT2D eigenvalue weighted by Crippen LogP contribution is 2.30. The van der Waals surface area contributed by atoms with Crippen LogP contribution in [0.4, 0.5) is 21.5 Å². The number of amides is 3. The van der Waals surface area contributed by atoms with Crippen LogP contribution < -0.4 is 31.0 Å². The van der Waals surface area contributed by atoms with Crippen molar-refractivity contribution in [3.05, 3.63) is 59.0 Å². The molecule has 0 radical (unpaired) electrons. The molecule has 2 saturated heterocycles. The number of benzene rings is 2. The molecule has 5 rings (SSSR count). The summed E-state index contributed by atoms with van der Waals surface area (Å²) >= 11 is 0. The standard InChI is InChI=1S/C26H26FN5O4/c27-19-14-17(31-10-2-1-3-22(31)33)5-6-20(19)32-11-8-18(23(28)25(29)34)24(26(32)35)30-16-4-7-21-15(13-16)9-12-36-21/h4-7,13-14H,1-3,8-12,28H2,(H2,29,34)/p+1. The van der Waals surface area contributed by atoms with Crippen LogP contribution in [0.15, 0.2) is 47.7 Å². The van der Waals surface area contributed by atoms with Crippen LogP contribution in [0.2, 0.25) is 0 Å². The lowest BCUT2D eigenvalue weighted by Crippen LogP contribution is -2.72. The number of primary amides is 1. The highest BCUT2D eigenvalue weighted by atomic mass is 19.1. The molecule has 0 aromatic heterocycles. The molecule has 5 N–H and O–H groups in total. The zero-order valence-corrected chi connectivity index (χ0v) is 19.7. The second-order valence-corrected chi connectivity index (χ2v) is 9.02. The fourth-order valence-corrected chi connectivity index (χ4v) is 4.86. The van der Waals surface area contributed by atoms with Crippen molar-refractivity contribution in [2.24, 2.45) is 11.5 Å². The smallest absolute Gasteiger partial charge is 0.323 e. The van der Waals surface area contributed by atoms with Crippen LogP contribution in [-0.4, -0.2) is 43.1 Å². The summed E-state index contributed by atoms with van der Waals surface area (Å²) in [5, 5.41) is 0. The highest BCUT2D eigenvalue weighted by Gasteiger charge is 2.38. The summed E-state index contributed by atoms with van der Waals surface area (Å²) in [6.07, 6.45) is 3.05. The molecule has 0 aliphatic carbocycles. The Morgan fingerprint density at radius 1 is 0.972 bits per heavy atom. The number of rotatable bonds is 4. The van der Waals surface area contributed by atoms with E-state index in [4.69, 9.17) is 16.2 Å². The number of fused-ring (bicyclic) bond motifs is 1. The van der Waals surface area contributed by atoms with Gasteiger partial charge in [-0.15, -0.1) is 0 Å². The Morgan fingerprint density at radius 3 is 2.56 bits per heavy atom. The van der Waals surface area contributed by atoms with E-state index in [1.54, 1.807) is 23.1 Å². The SMILES string of the molecule is NC(=O)C(N)=C1CCN(c2ccc(N3CCCCC3=O)cc2F)C(=O)C1=[NH+]c1ccc2c(c1)CCO2. The molecule has 0 saturated carbocycles. The van der Waals surface area contributed by atoms with E-state index in [9.17, 15) is 14.4 Å². The predicted molar refractivity (Wildman–Crippen MR) is 131 cm³/mol. The molecule has 36 heavy (non-hydrogen) atoms. The van der Waals surface area contributed by atoms with E-state index in [1.807, 2.05) is 6.07 Å². The van der Waals surface area contributed by atoms with Crippen molar-refractivity contribution in [3.63, 3.8) is 0 Å². The number of carbonyl (C=O) groups is 3. The Balaban J connectivity index is 1.51. The number of halogens is 1. The van der Waals surface area contributed by atoms with Gasteiger partial charge in [0, 0.05) is 49.3 Å². The summed E-state index contributed by atoms with van der Waals surface area (Å²) < 4.78 is 20.8. The average molecular weight is 493 g/mol. The van der Waals surface area contributed by atoms with Crippen LogP contribution in [0, 0.1) is 5.82 Å². The first kappa shape index (κ1) is 23.5. The van der Waals surface area contributed by atoms with Crippen molar-refractivity contribution in [2.45, 2.75) is 32.1 Å². The molecule has 2 aromatic rings. The molecule has 0 atom stereocenters. The van der Waals surface area contributed by atoms with E-state index in [2.05, 4.69) is 4.99 Å². The molecule has 10 heteroatoms. The Labute approximate surface area is 207 Å². The molecule has 9 nitrogen and oxygen atoms in total. The number of ether oxygens (including phenoxy) is 1. The topological polar surface area (TPSA) is 133 Å². The van der Waals surface area contributed by atoms with Crippen molar-refractivity contribution in [2.75, 3.05) is 29.5 Å². The monoisotopic (exact) mass is 492 g/mol. The van der Waals surface area contributed by atoms with Gasteiger partial charge in [0.1, 0.15) is 17.3 Å². The van der Waals surface area contributed by atoms with Crippen LogP contribution in [0.3, 0.4) is 0 Å². The van der Waals surface area contributed by atoms with Crippen molar-refractivity contribution in [1.29, 1.82) is 0 Å². The maximum absolute atomic E-state index is 15.3. The highest BCUT2D eigenvalue weighted by molar-refractivity contribution is 6.48. The van der Waals surface area contributed by atoms with Gasteiger partial charge in [-0.3, -0.25) is 19.3 Å². The Morgan fingerprint density at radius 2 is 1.81 bits per heavy atom. The molecule has 2 aromatic carbocycles. The molecule has 3 amide bonds. The third kappa shape index (κ3) is 4.30. The first-order valence-electron chi connectivity index (χ1n) is 11.9. The van der Waals surface area contributed by atoms with Crippen LogP contribution in [0.25, 0.3) is 0 Å². The minimum Gasteiger partial charge on any atom is -0.493 e. The number of nitrogens with two attached hydrogens (primary N) is 2. The zero-order chi connectivity index (χ0) is 25.4. The Hall–Kier alpha value is -4.21. The van der Waals surface area contributed by atoms with Crippen molar-refractivity contribution >= 4 is 40.5 Å². The van der Waals surface area contributed by atoms with Gasteiger partial charge in [-0.05, 0) is 43.5 Å². The van der Waals surface area contributed by atoms with Gasteiger partial charge >= 0.3 is 5.91 Å². The molecule has 2 fully saturated rings. The fraction of sp³-hybridized carbons (Fsp3) is 0.308. The molecule has 3 heterocycles. The summed E-state index contributed by atoms with van der Waals surface area (Å²) in [6, 6.07) is 9.85. The van der Waals surface area contributed by atoms with E-state index in [0.29, 0.717) is 30.9 Å². The molecule has 186 valence electrons. The van der Waals surface area contributed by atoms with E-state index in [0.717, 1.165) is 30.6 Å². The van der Waals surface area contributed by atoms with Gasteiger partial charge in [-0.2, -0.15) is 0 Å². The van der Waals surface area contributed by atoms with Gasteiger partial charge < -0.3 is 21.1 Å². The van der Waals surface area contributed by atoms with Crippen LogP contribution >= 0.6 is 0 Å². The van der Waals surface area contributed by atoms with Gasteiger partial charge in [0.25, 0.3) is 11.6 Å². The summed E-state index contributed by atoms with van der Waals surface area (Å²) in [5.74, 6) is -1.27. The first-order chi connectivity index (χ1) is 17.3. The third-order valence-corrected chi connectivity index (χ3v) is 6.75. The van der Waals surface area contributed by atoms with E-state index in [-0.39, 0.29) is 41.5 Å². The van der Waals surface area contributed by atoms with E-state index >= 15 is 4.39 Å². The van der Waals surface area contributed by atoms with Crippen molar-refractivity contribution < 1.29 is 28.5 Å². The summed E-state index contributed by atoms with van der Waals surface area (Å²) in [6.45, 7) is 1.22. The second-order valence-electron chi connectivity index (χ2n) is 9.02. The number of hydrogen-bond donors (Lipinski definition) is 3. The minimum absolute atomic E-state index is 0.0429. The number of nitrogens with zero attached hydrogens (tertiary/aromatic N) is 2. The summed E-state index contributed by atoms with van der Waals surface area (Å²) in [5.41, 5.74) is 13.6. The molecular weight excluding hydrogens is 465 g/mol. The van der Waals surface area contributed by atoms with Crippen LogP contribution in [0.1, 0.15) is 31.2 Å². The number of anilines is 2. The first-order valence-corrected chi connectivity index (χ1v) is 11.9. The minimum atomic E-state index is -0.838. The van der Waals surface area contributed by atoms with Gasteiger partial charge in [-0.1, -0.05) is 0 Å². The Bertz CT molecular complexity index is 1340. The average Bonchev–Trinajstić information content (AvgIpc) is 3.33. The van der Waals surface area contributed by atoms with Crippen LogP contribution in [0.5, 0.6) is 5.75 Å². The van der Waals surface area contributed by atoms with Gasteiger partial charge in [-0.25, -0.2) is 9.38 Å². The van der Waals surface area contributed by atoms with Crippen molar-refractivity contribution in [3.8, 4) is 5.75 Å². The second kappa shape index (κ2) is 9.44. The largest absolute Gasteiger partial charge is 0.493 e. The third-order valence-electron chi connectivity index (χ3n) is 6.75. The quantitative estimate of drug-likeness (QED) is 0.537. The maximum Gasteiger partial charge on any atom is 0.323 e. The maximum atomic E-state index is 15.3. The van der Waals surface area contributed by atoms with E-state index in [1.165, 1.54) is 17.0 Å². The number of piperidine rings is 2. The molecule has 3 aliphatic rings. The lowest BCUT2D eigenvalue weighted by Gasteiger charge is -2.30. The number of nitrogens with one attached hydrogen (secondary N) is 1. The molecule has 0 bridgehead atoms. The molecule has 0 spiro atoms. The zero-order valence-electron chi connectivity index (χ0n) is 19.7. The van der Waals surface area contributed by atoms with Crippen LogP contribution in [-0.2, 0) is 20.8 Å². The van der Waals surface area contributed by atoms with Gasteiger partial charge in [0.15, 0.2) is 0 Å². The molecule has 0 unspecified atom stereocenters. The lowest BCUT2D eigenvalue weighted by molar-refractivity contribution is -0.352. The van der Waals surface area contributed by atoms with Gasteiger partial charge in [0.2, 0.25) is 11.6 Å². The predicted octanol–water partition coefficient (Wildman–Crippen LogP) is 0.566. The fourth-order valence-electron chi connectivity index (χ4n) is 4.86. The van der Waals surface area contributed by atoms with Gasteiger partial charge in [0.05, 0.1) is 17.9 Å². The summed E-state index contributed by atoms with van der Waals surface area (Å²) in [4.78, 5) is 43.7. The Kier molecular flexibility index (Phi) is 6.17. The molecular formula is C26H27FN5O4+. The normalized spacial score (nSPS) is 20.4.